The molecular formula is C16H17ClN2OS2. The van der Waals surface area contributed by atoms with Crippen LogP contribution in [0.2, 0.25) is 5.02 Å². The smallest absolute Gasteiger partial charge is 0.190 e. The maximum atomic E-state index is 6.07. The topological polar surface area (TPSA) is 26.5 Å². The monoisotopic (exact) mass is 352 g/mol. The second kappa shape index (κ2) is 6.94. The van der Waals surface area contributed by atoms with Crippen LogP contribution in [-0.2, 0) is 6.54 Å². The molecular weight excluding hydrogens is 336 g/mol. The van der Waals surface area contributed by atoms with Crippen molar-refractivity contribution in [2.75, 3.05) is 7.11 Å². The molecule has 0 amide bonds. The number of aromatic nitrogens is 1. The SMILES string of the molecule is COc1ccc(Cl)cc1C(=S)N=c1sccn1CC1CCC1. The first kappa shape index (κ1) is 15.7. The fourth-order valence-electron chi connectivity index (χ4n) is 2.47. The Balaban J connectivity index is 1.90. The Kier molecular flexibility index (Phi) is 4.96. The standard InChI is InChI=1S/C16H17ClN2OS2/c1-20-14-6-5-12(17)9-13(14)15(21)18-16-19(7-8-22-16)10-11-3-2-4-11/h5-9,11H,2-4,10H2,1H3. The molecule has 0 N–H and O–H groups in total. The number of halogens is 1. The summed E-state index contributed by atoms with van der Waals surface area (Å²) in [6.07, 6.45) is 6.06. The van der Waals surface area contributed by atoms with Crippen LogP contribution in [0.3, 0.4) is 0 Å². The predicted molar refractivity (Wildman–Crippen MR) is 94.9 cm³/mol. The molecule has 0 bridgehead atoms. The van der Waals surface area contributed by atoms with Crippen LogP contribution in [0.1, 0.15) is 24.8 Å². The zero-order valence-electron chi connectivity index (χ0n) is 12.3. The minimum Gasteiger partial charge on any atom is -0.496 e. The molecule has 0 radical (unpaired) electrons. The molecule has 0 aliphatic heterocycles. The summed E-state index contributed by atoms with van der Waals surface area (Å²) in [5, 5.41) is 2.68. The number of thiocarbonyl (C=S) groups is 1. The van der Waals surface area contributed by atoms with E-state index in [0.29, 0.717) is 15.8 Å². The first-order valence-electron chi connectivity index (χ1n) is 7.24. The minimum absolute atomic E-state index is 0.504. The van der Waals surface area contributed by atoms with Gasteiger partial charge in [0, 0.05) is 23.1 Å². The number of methoxy groups -OCH3 is 1. The van der Waals surface area contributed by atoms with Crippen LogP contribution in [0, 0.1) is 5.92 Å². The number of nitrogens with zero attached hydrogens (tertiary/aromatic N) is 2. The number of hydrogen-bond acceptors (Lipinski definition) is 3. The van der Waals surface area contributed by atoms with Gasteiger partial charge >= 0.3 is 0 Å². The van der Waals surface area contributed by atoms with Gasteiger partial charge < -0.3 is 9.30 Å². The number of ether oxygens (including phenoxy) is 1. The Labute approximate surface area is 144 Å². The maximum Gasteiger partial charge on any atom is 0.190 e. The summed E-state index contributed by atoms with van der Waals surface area (Å²) in [5.74, 6) is 1.48. The molecule has 1 fully saturated rings. The lowest BCUT2D eigenvalue weighted by atomic mass is 9.85. The highest BCUT2D eigenvalue weighted by molar-refractivity contribution is 7.80. The van der Waals surface area contributed by atoms with Gasteiger partial charge in [-0.3, -0.25) is 0 Å². The van der Waals surface area contributed by atoms with E-state index in [2.05, 4.69) is 21.1 Å². The van der Waals surface area contributed by atoms with Gasteiger partial charge in [0.05, 0.1) is 12.7 Å². The Hall–Kier alpha value is -1.17. The van der Waals surface area contributed by atoms with E-state index in [-0.39, 0.29) is 0 Å². The quantitative estimate of drug-likeness (QED) is 0.767. The molecule has 6 heteroatoms. The fourth-order valence-corrected chi connectivity index (χ4v) is 3.69. The van der Waals surface area contributed by atoms with Crippen molar-refractivity contribution in [2.24, 2.45) is 10.9 Å². The lowest BCUT2D eigenvalue weighted by molar-refractivity contribution is 0.274. The van der Waals surface area contributed by atoms with Gasteiger partial charge in [-0.1, -0.05) is 30.2 Å². The van der Waals surface area contributed by atoms with Crippen molar-refractivity contribution in [1.29, 1.82) is 0 Å². The van der Waals surface area contributed by atoms with Crippen LogP contribution in [0.4, 0.5) is 0 Å². The first-order chi connectivity index (χ1) is 10.7. The van der Waals surface area contributed by atoms with Crippen LogP contribution in [-0.4, -0.2) is 16.7 Å². The van der Waals surface area contributed by atoms with Crippen molar-refractivity contribution in [3.05, 3.63) is 45.2 Å². The molecule has 1 aromatic heterocycles. The average Bonchev–Trinajstić information content (AvgIpc) is 2.90. The molecule has 0 saturated heterocycles. The van der Waals surface area contributed by atoms with Gasteiger partial charge in [-0.25, -0.2) is 4.99 Å². The summed E-state index contributed by atoms with van der Waals surface area (Å²) < 4.78 is 7.54. The second-order valence-corrected chi connectivity index (χ2v) is 7.09. The van der Waals surface area contributed by atoms with Crippen LogP contribution in [0.5, 0.6) is 5.75 Å². The highest BCUT2D eigenvalue weighted by Gasteiger charge is 2.18. The number of benzene rings is 1. The highest BCUT2D eigenvalue weighted by Crippen LogP contribution is 2.27. The molecule has 22 heavy (non-hydrogen) atoms. The third-order valence-electron chi connectivity index (χ3n) is 3.93. The van der Waals surface area contributed by atoms with Crippen molar-refractivity contribution >= 4 is 40.1 Å². The van der Waals surface area contributed by atoms with Gasteiger partial charge in [-0.15, -0.1) is 11.3 Å². The summed E-state index contributed by atoms with van der Waals surface area (Å²) in [6, 6.07) is 5.40. The largest absolute Gasteiger partial charge is 0.496 e. The van der Waals surface area contributed by atoms with Gasteiger partial charge in [0.1, 0.15) is 10.7 Å². The zero-order valence-corrected chi connectivity index (χ0v) is 14.7. The zero-order chi connectivity index (χ0) is 15.5. The van der Waals surface area contributed by atoms with Crippen molar-refractivity contribution in [1.82, 2.24) is 4.57 Å². The van der Waals surface area contributed by atoms with E-state index >= 15 is 0 Å². The van der Waals surface area contributed by atoms with Crippen molar-refractivity contribution in [3.63, 3.8) is 0 Å². The van der Waals surface area contributed by atoms with E-state index in [4.69, 9.17) is 28.6 Å². The maximum absolute atomic E-state index is 6.07. The predicted octanol–water partition coefficient (Wildman–Crippen LogP) is 4.29. The molecule has 116 valence electrons. The molecule has 1 heterocycles. The van der Waals surface area contributed by atoms with Gasteiger partial charge in [0.15, 0.2) is 4.80 Å². The normalized spacial score (nSPS) is 15.6. The fraction of sp³-hybridized carbons (Fsp3) is 0.375. The Morgan fingerprint density at radius 3 is 3.00 bits per heavy atom. The third kappa shape index (κ3) is 3.42. The van der Waals surface area contributed by atoms with E-state index in [1.165, 1.54) is 19.3 Å². The van der Waals surface area contributed by atoms with Gasteiger partial charge in [-0.2, -0.15) is 0 Å². The molecule has 0 spiro atoms. The molecule has 3 nitrogen and oxygen atoms in total. The van der Waals surface area contributed by atoms with Crippen molar-refractivity contribution < 1.29 is 4.74 Å². The Morgan fingerprint density at radius 2 is 2.32 bits per heavy atom. The van der Waals surface area contributed by atoms with Gasteiger partial charge in [0.2, 0.25) is 0 Å². The van der Waals surface area contributed by atoms with Crippen LogP contribution in [0.25, 0.3) is 0 Å². The summed E-state index contributed by atoms with van der Waals surface area (Å²) in [4.78, 5) is 6.06. The highest BCUT2D eigenvalue weighted by atomic mass is 35.5. The van der Waals surface area contributed by atoms with Crippen LogP contribution >= 0.6 is 35.2 Å². The van der Waals surface area contributed by atoms with Crippen molar-refractivity contribution in [2.45, 2.75) is 25.8 Å². The number of hydrogen-bond donors (Lipinski definition) is 0. The van der Waals surface area contributed by atoms with E-state index < -0.39 is 0 Å². The molecule has 1 aliphatic carbocycles. The Morgan fingerprint density at radius 1 is 1.50 bits per heavy atom. The van der Waals surface area contributed by atoms with Crippen LogP contribution < -0.4 is 9.54 Å². The minimum atomic E-state index is 0.504. The van der Waals surface area contributed by atoms with Gasteiger partial charge in [-0.05, 0) is 37.0 Å². The molecule has 1 aromatic carbocycles. The van der Waals surface area contributed by atoms with E-state index in [0.717, 1.165) is 22.8 Å². The van der Waals surface area contributed by atoms with E-state index in [9.17, 15) is 0 Å². The lowest BCUT2D eigenvalue weighted by Crippen LogP contribution is -2.24. The number of rotatable bonds is 4. The number of thiazole rings is 1. The lowest BCUT2D eigenvalue weighted by Gasteiger charge is -2.25. The Bertz CT molecular complexity index is 747. The van der Waals surface area contributed by atoms with Gasteiger partial charge in [0.25, 0.3) is 0 Å². The molecule has 3 rings (SSSR count). The first-order valence-corrected chi connectivity index (χ1v) is 8.90. The third-order valence-corrected chi connectivity index (χ3v) is 5.27. The summed E-state index contributed by atoms with van der Waals surface area (Å²) >= 11 is 13.2. The molecule has 0 atom stereocenters. The molecule has 1 saturated carbocycles. The molecule has 0 unspecified atom stereocenters. The summed E-state index contributed by atoms with van der Waals surface area (Å²) in [5.41, 5.74) is 0.758. The van der Waals surface area contributed by atoms with Crippen molar-refractivity contribution in [3.8, 4) is 5.75 Å². The summed E-state index contributed by atoms with van der Waals surface area (Å²) in [7, 11) is 1.62. The van der Waals surface area contributed by atoms with E-state index in [1.54, 1.807) is 30.6 Å². The summed E-state index contributed by atoms with van der Waals surface area (Å²) in [6.45, 7) is 1.03. The molecule has 2 aromatic rings. The van der Waals surface area contributed by atoms with Crippen LogP contribution in [0.15, 0.2) is 34.8 Å². The van der Waals surface area contributed by atoms with E-state index in [1.807, 2.05) is 6.07 Å². The second-order valence-electron chi connectivity index (χ2n) is 5.40. The average molecular weight is 353 g/mol. The molecule has 1 aliphatic rings.